The molecule has 2 N–H and O–H groups in total. The number of nitrogens with zero attached hydrogens (tertiary/aromatic N) is 1. The molecule has 3 amide bonds. The third-order valence-electron chi connectivity index (χ3n) is 3.85. The van der Waals surface area contributed by atoms with Crippen molar-refractivity contribution >= 4 is 23.4 Å². The Hall–Kier alpha value is -2.37. The van der Waals surface area contributed by atoms with Crippen LogP contribution < -0.4 is 10.6 Å². The monoisotopic (exact) mass is 303 g/mol. The second kappa shape index (κ2) is 6.60. The normalized spacial score (nSPS) is 20.0. The molecule has 1 fully saturated rings. The Balaban J connectivity index is 0.000000847. The first-order chi connectivity index (χ1) is 10.6. The van der Waals surface area contributed by atoms with Crippen LogP contribution in [-0.2, 0) is 16.1 Å². The molecule has 0 bridgehead atoms. The van der Waals surface area contributed by atoms with Crippen LogP contribution in [-0.4, -0.2) is 35.7 Å². The fraction of sp³-hybridized carbons (Fsp3) is 0.438. The fourth-order valence-electron chi connectivity index (χ4n) is 2.82. The van der Waals surface area contributed by atoms with Crippen LogP contribution in [0.4, 0.5) is 5.69 Å². The van der Waals surface area contributed by atoms with E-state index in [1.807, 2.05) is 26.0 Å². The molecule has 1 aromatic rings. The average molecular weight is 303 g/mol. The van der Waals surface area contributed by atoms with Gasteiger partial charge in [-0.2, -0.15) is 0 Å². The number of rotatable bonds is 2. The van der Waals surface area contributed by atoms with Crippen LogP contribution in [0, 0.1) is 0 Å². The van der Waals surface area contributed by atoms with Crippen molar-refractivity contribution in [1.29, 1.82) is 0 Å². The molecule has 2 aliphatic heterocycles. The number of hydrogen-bond acceptors (Lipinski definition) is 4. The van der Waals surface area contributed by atoms with Crippen molar-refractivity contribution in [2.24, 2.45) is 0 Å². The number of piperidine rings is 1. The van der Waals surface area contributed by atoms with Crippen LogP contribution in [0.3, 0.4) is 0 Å². The first-order valence-corrected chi connectivity index (χ1v) is 7.56. The SMILES string of the molecule is CC.CNc1cccc2c1CN(C1CCC(=O)NC1=O)C2=O. The predicted octanol–water partition coefficient (Wildman–Crippen LogP) is 1.52. The van der Waals surface area contributed by atoms with Gasteiger partial charge < -0.3 is 10.2 Å². The van der Waals surface area contributed by atoms with Gasteiger partial charge in [0.15, 0.2) is 0 Å². The molecule has 1 saturated heterocycles. The molecule has 0 radical (unpaired) electrons. The van der Waals surface area contributed by atoms with Gasteiger partial charge >= 0.3 is 0 Å². The highest BCUT2D eigenvalue weighted by molar-refractivity contribution is 6.06. The molecule has 1 aromatic carbocycles. The predicted molar refractivity (Wildman–Crippen MR) is 83.4 cm³/mol. The summed E-state index contributed by atoms with van der Waals surface area (Å²) in [5, 5.41) is 5.35. The van der Waals surface area contributed by atoms with Gasteiger partial charge in [-0.15, -0.1) is 0 Å². The van der Waals surface area contributed by atoms with E-state index in [1.165, 1.54) is 0 Å². The summed E-state index contributed by atoms with van der Waals surface area (Å²) in [5.41, 5.74) is 2.43. The molecule has 1 unspecified atom stereocenters. The van der Waals surface area contributed by atoms with Crippen LogP contribution in [0.1, 0.15) is 42.6 Å². The van der Waals surface area contributed by atoms with Gasteiger partial charge in [0, 0.05) is 36.8 Å². The summed E-state index contributed by atoms with van der Waals surface area (Å²) in [6.45, 7) is 4.40. The van der Waals surface area contributed by atoms with E-state index < -0.39 is 6.04 Å². The number of anilines is 1. The third kappa shape index (κ3) is 2.68. The zero-order valence-electron chi connectivity index (χ0n) is 13.1. The maximum absolute atomic E-state index is 12.4. The lowest BCUT2D eigenvalue weighted by Crippen LogP contribution is -2.52. The minimum Gasteiger partial charge on any atom is -0.388 e. The quantitative estimate of drug-likeness (QED) is 0.812. The number of amides is 3. The van der Waals surface area contributed by atoms with E-state index in [0.717, 1.165) is 11.3 Å². The highest BCUT2D eigenvalue weighted by Gasteiger charge is 2.39. The zero-order valence-corrected chi connectivity index (χ0v) is 13.1. The summed E-state index contributed by atoms with van der Waals surface area (Å²) in [6, 6.07) is 4.93. The van der Waals surface area contributed by atoms with Gasteiger partial charge in [-0.25, -0.2) is 0 Å². The van der Waals surface area contributed by atoms with Crippen molar-refractivity contribution in [3.05, 3.63) is 29.3 Å². The van der Waals surface area contributed by atoms with Gasteiger partial charge in [0.1, 0.15) is 6.04 Å². The molecular formula is C16H21N3O3. The van der Waals surface area contributed by atoms with E-state index in [4.69, 9.17) is 0 Å². The lowest BCUT2D eigenvalue weighted by atomic mass is 10.0. The number of benzene rings is 1. The molecule has 2 heterocycles. The lowest BCUT2D eigenvalue weighted by molar-refractivity contribution is -0.136. The summed E-state index contributed by atoms with van der Waals surface area (Å²) in [6.07, 6.45) is 0.661. The highest BCUT2D eigenvalue weighted by Crippen LogP contribution is 2.31. The minimum atomic E-state index is -0.558. The van der Waals surface area contributed by atoms with Crippen LogP contribution in [0.15, 0.2) is 18.2 Å². The van der Waals surface area contributed by atoms with Crippen molar-refractivity contribution in [2.45, 2.75) is 39.3 Å². The Labute approximate surface area is 129 Å². The zero-order chi connectivity index (χ0) is 16.3. The number of carbonyl (C=O) groups excluding carboxylic acids is 3. The van der Waals surface area contributed by atoms with E-state index >= 15 is 0 Å². The smallest absolute Gasteiger partial charge is 0.255 e. The van der Waals surface area contributed by atoms with E-state index in [-0.39, 0.29) is 24.1 Å². The molecule has 0 aliphatic carbocycles. The summed E-state index contributed by atoms with van der Waals surface area (Å²) < 4.78 is 0. The van der Waals surface area contributed by atoms with Crippen LogP contribution >= 0.6 is 0 Å². The molecule has 6 nitrogen and oxygen atoms in total. The second-order valence-electron chi connectivity index (χ2n) is 4.98. The standard InChI is InChI=1S/C14H15N3O3.C2H6/c1-15-10-4-2-3-8-9(10)7-17(14(8)20)11-5-6-12(18)16-13(11)19;1-2/h2-4,11,15H,5-7H2,1H3,(H,16,18,19);1-2H3. The Bertz CT molecular complexity index is 613. The summed E-state index contributed by atoms with van der Waals surface area (Å²) >= 11 is 0. The van der Waals surface area contributed by atoms with Crippen molar-refractivity contribution < 1.29 is 14.4 Å². The van der Waals surface area contributed by atoms with Crippen molar-refractivity contribution in [1.82, 2.24) is 10.2 Å². The summed E-state index contributed by atoms with van der Waals surface area (Å²) in [4.78, 5) is 37.1. The van der Waals surface area contributed by atoms with E-state index in [9.17, 15) is 14.4 Å². The van der Waals surface area contributed by atoms with E-state index in [0.29, 0.717) is 18.5 Å². The summed E-state index contributed by atoms with van der Waals surface area (Å²) in [7, 11) is 1.80. The number of imide groups is 1. The molecule has 22 heavy (non-hydrogen) atoms. The summed E-state index contributed by atoms with van der Waals surface area (Å²) in [5.74, 6) is -0.800. The van der Waals surface area contributed by atoms with E-state index in [1.54, 1.807) is 18.0 Å². The number of nitrogens with one attached hydrogen (secondary N) is 2. The minimum absolute atomic E-state index is 0.147. The van der Waals surface area contributed by atoms with Gasteiger partial charge in [0.05, 0.1) is 0 Å². The number of carbonyl (C=O) groups is 3. The lowest BCUT2D eigenvalue weighted by Gasteiger charge is -2.29. The van der Waals surface area contributed by atoms with Crippen molar-refractivity contribution in [3.8, 4) is 0 Å². The molecule has 0 aromatic heterocycles. The third-order valence-corrected chi connectivity index (χ3v) is 3.85. The average Bonchev–Trinajstić information content (AvgIpc) is 2.86. The van der Waals surface area contributed by atoms with Gasteiger partial charge in [-0.05, 0) is 18.6 Å². The van der Waals surface area contributed by atoms with E-state index in [2.05, 4.69) is 10.6 Å². The Morgan fingerprint density at radius 2 is 1.95 bits per heavy atom. The van der Waals surface area contributed by atoms with Gasteiger partial charge in [0.2, 0.25) is 11.8 Å². The molecule has 118 valence electrons. The van der Waals surface area contributed by atoms with Gasteiger partial charge in [0.25, 0.3) is 5.91 Å². The van der Waals surface area contributed by atoms with Crippen molar-refractivity contribution in [3.63, 3.8) is 0 Å². The van der Waals surface area contributed by atoms with Crippen LogP contribution in [0.25, 0.3) is 0 Å². The Morgan fingerprint density at radius 1 is 1.23 bits per heavy atom. The number of hydrogen-bond donors (Lipinski definition) is 2. The molecule has 6 heteroatoms. The van der Waals surface area contributed by atoms with Crippen LogP contribution in [0.5, 0.6) is 0 Å². The molecule has 2 aliphatic rings. The maximum Gasteiger partial charge on any atom is 0.255 e. The van der Waals surface area contributed by atoms with Crippen LogP contribution in [0.2, 0.25) is 0 Å². The highest BCUT2D eigenvalue weighted by atomic mass is 16.2. The second-order valence-corrected chi connectivity index (χ2v) is 4.98. The molecule has 0 spiro atoms. The van der Waals surface area contributed by atoms with Crippen molar-refractivity contribution in [2.75, 3.05) is 12.4 Å². The topological polar surface area (TPSA) is 78.5 Å². The molecular weight excluding hydrogens is 282 g/mol. The Kier molecular flexibility index (Phi) is 4.80. The maximum atomic E-state index is 12.4. The fourth-order valence-corrected chi connectivity index (χ4v) is 2.82. The molecule has 1 atom stereocenters. The van der Waals surface area contributed by atoms with Gasteiger partial charge in [-0.3, -0.25) is 19.7 Å². The first-order valence-electron chi connectivity index (χ1n) is 7.56. The molecule has 3 rings (SSSR count). The van der Waals surface area contributed by atoms with Gasteiger partial charge in [-0.1, -0.05) is 19.9 Å². The molecule has 0 saturated carbocycles. The Morgan fingerprint density at radius 3 is 2.59 bits per heavy atom. The largest absolute Gasteiger partial charge is 0.388 e. The first kappa shape index (κ1) is 16.0. The number of fused-ring (bicyclic) bond motifs is 1.